The monoisotopic (exact) mass is 415 g/mol. The third kappa shape index (κ3) is 5.79. The first-order chi connectivity index (χ1) is 14.3. The normalized spacial score (nSPS) is 24.3. The molecule has 0 bridgehead atoms. The average Bonchev–Trinajstić information content (AvgIpc) is 2.69. The fraction of sp³-hybridized carbons (Fsp3) is 0.591. The van der Waals surface area contributed by atoms with E-state index in [1.807, 2.05) is 40.1 Å². The molecule has 2 aliphatic heterocycles. The minimum atomic E-state index is -0.852. The van der Waals surface area contributed by atoms with E-state index >= 15 is 0 Å². The van der Waals surface area contributed by atoms with Crippen LogP contribution >= 0.6 is 0 Å². The zero-order valence-corrected chi connectivity index (χ0v) is 17.9. The molecule has 1 aromatic rings. The summed E-state index contributed by atoms with van der Waals surface area (Å²) in [7, 11) is 0. The van der Waals surface area contributed by atoms with E-state index in [1.54, 1.807) is 0 Å². The van der Waals surface area contributed by atoms with Gasteiger partial charge in [-0.25, -0.2) is 4.79 Å². The summed E-state index contributed by atoms with van der Waals surface area (Å²) in [6.07, 6.45) is 1.18. The number of likely N-dealkylation sites (tertiary alicyclic amines) is 1. The Morgan fingerprint density at radius 2 is 1.63 bits per heavy atom. The lowest BCUT2D eigenvalue weighted by molar-refractivity contribution is -0.136. The highest BCUT2D eigenvalue weighted by molar-refractivity contribution is 5.96. The Morgan fingerprint density at radius 3 is 2.20 bits per heavy atom. The van der Waals surface area contributed by atoms with Crippen LogP contribution in [0.1, 0.15) is 31.9 Å². The smallest absolute Gasteiger partial charge is 0.318 e. The molecule has 8 heteroatoms. The zero-order chi connectivity index (χ0) is 21.7. The van der Waals surface area contributed by atoms with Crippen molar-refractivity contribution in [3.05, 3.63) is 35.9 Å². The number of carbonyl (C=O) groups is 3. The summed E-state index contributed by atoms with van der Waals surface area (Å²) in [5, 5.41) is 2.22. The second kappa shape index (κ2) is 10.0. The summed E-state index contributed by atoms with van der Waals surface area (Å²) >= 11 is 0. The van der Waals surface area contributed by atoms with E-state index in [1.165, 1.54) is 6.42 Å². The lowest BCUT2D eigenvalue weighted by Gasteiger charge is -2.40. The van der Waals surface area contributed by atoms with Gasteiger partial charge < -0.3 is 10.6 Å². The van der Waals surface area contributed by atoms with Crippen molar-refractivity contribution in [2.45, 2.75) is 26.3 Å². The van der Waals surface area contributed by atoms with Gasteiger partial charge >= 0.3 is 6.03 Å². The van der Waals surface area contributed by atoms with Gasteiger partial charge in [-0.2, -0.15) is 0 Å². The molecule has 2 saturated heterocycles. The molecule has 3 rings (SSSR count). The van der Waals surface area contributed by atoms with E-state index in [4.69, 9.17) is 5.73 Å². The highest BCUT2D eigenvalue weighted by Gasteiger charge is 2.32. The van der Waals surface area contributed by atoms with E-state index in [9.17, 15) is 14.4 Å². The average molecular weight is 416 g/mol. The second-order valence-corrected chi connectivity index (χ2v) is 8.72. The second-order valence-electron chi connectivity index (χ2n) is 8.72. The number of primary amides is 1. The topological polar surface area (TPSA) is 99.0 Å². The molecular formula is C22H33N5O3. The molecule has 0 radical (unpaired) electrons. The van der Waals surface area contributed by atoms with Gasteiger partial charge in [-0.3, -0.25) is 24.7 Å². The molecule has 0 aromatic heterocycles. The van der Waals surface area contributed by atoms with Crippen LogP contribution in [0.15, 0.2) is 30.3 Å². The molecule has 4 amide bonds. The van der Waals surface area contributed by atoms with Gasteiger partial charge in [-0.05, 0) is 23.8 Å². The Labute approximate surface area is 178 Å². The molecular weight excluding hydrogens is 382 g/mol. The van der Waals surface area contributed by atoms with E-state index in [-0.39, 0.29) is 5.91 Å². The fourth-order valence-corrected chi connectivity index (χ4v) is 4.69. The minimum Gasteiger partial charge on any atom is -0.351 e. The van der Waals surface area contributed by atoms with Gasteiger partial charge in [-0.15, -0.1) is 0 Å². The highest BCUT2D eigenvalue weighted by Crippen LogP contribution is 2.24. The van der Waals surface area contributed by atoms with Crippen LogP contribution < -0.4 is 11.1 Å². The molecule has 3 atom stereocenters. The first-order valence-electron chi connectivity index (χ1n) is 10.7. The van der Waals surface area contributed by atoms with Gasteiger partial charge in [0.1, 0.15) is 6.04 Å². The molecule has 1 aromatic carbocycles. The third-order valence-electron chi connectivity index (χ3n) is 5.96. The third-order valence-corrected chi connectivity index (χ3v) is 5.96. The van der Waals surface area contributed by atoms with Crippen molar-refractivity contribution in [3.8, 4) is 0 Å². The number of amides is 4. The van der Waals surface area contributed by atoms with Crippen LogP contribution in [-0.4, -0.2) is 78.4 Å². The van der Waals surface area contributed by atoms with Crippen molar-refractivity contribution < 1.29 is 14.4 Å². The number of nitrogens with zero attached hydrogens (tertiary/aromatic N) is 3. The summed E-state index contributed by atoms with van der Waals surface area (Å²) in [6, 6.07) is 7.94. The van der Waals surface area contributed by atoms with Crippen molar-refractivity contribution in [3.63, 3.8) is 0 Å². The van der Waals surface area contributed by atoms with Gasteiger partial charge in [-0.1, -0.05) is 44.2 Å². The lowest BCUT2D eigenvalue weighted by Crippen LogP contribution is -2.54. The number of piperazine rings is 1. The van der Waals surface area contributed by atoms with Crippen molar-refractivity contribution in [2.24, 2.45) is 17.6 Å². The fourth-order valence-electron chi connectivity index (χ4n) is 4.69. The van der Waals surface area contributed by atoms with Gasteiger partial charge in [0.05, 0.1) is 6.54 Å². The molecule has 30 heavy (non-hydrogen) atoms. The number of hydrogen-bond donors (Lipinski definition) is 2. The standard InChI is InChI=1S/C22H33N5O3/c1-16-12-17(2)14-27(13-16)19(28)15-25-8-10-26(11-9-25)20(21(29)24-22(23)30)18-6-4-3-5-7-18/h3-7,16-17,20H,8-15H2,1-2H3,(H3,23,24,29,30). The van der Waals surface area contributed by atoms with Crippen molar-refractivity contribution in [1.82, 2.24) is 20.0 Å². The summed E-state index contributed by atoms with van der Waals surface area (Å²) < 4.78 is 0. The largest absolute Gasteiger partial charge is 0.351 e. The van der Waals surface area contributed by atoms with E-state index in [0.29, 0.717) is 44.6 Å². The number of hydrogen-bond acceptors (Lipinski definition) is 5. The Kier molecular flexibility index (Phi) is 7.44. The van der Waals surface area contributed by atoms with Crippen LogP contribution in [0.5, 0.6) is 0 Å². The van der Waals surface area contributed by atoms with Gasteiger partial charge in [0.25, 0.3) is 0 Å². The number of nitrogens with one attached hydrogen (secondary N) is 1. The number of urea groups is 1. The molecule has 2 fully saturated rings. The Morgan fingerprint density at radius 1 is 1.03 bits per heavy atom. The van der Waals surface area contributed by atoms with Crippen molar-refractivity contribution in [2.75, 3.05) is 45.8 Å². The van der Waals surface area contributed by atoms with Crippen molar-refractivity contribution >= 4 is 17.8 Å². The number of rotatable bonds is 5. The highest BCUT2D eigenvalue weighted by atomic mass is 16.2. The molecule has 3 N–H and O–H groups in total. The first kappa shape index (κ1) is 22.2. The molecule has 0 saturated carbocycles. The van der Waals surface area contributed by atoms with Crippen LogP contribution in [-0.2, 0) is 9.59 Å². The van der Waals surface area contributed by atoms with Gasteiger partial charge in [0.2, 0.25) is 11.8 Å². The first-order valence-corrected chi connectivity index (χ1v) is 10.7. The van der Waals surface area contributed by atoms with Crippen LogP contribution in [0, 0.1) is 11.8 Å². The molecule has 0 aliphatic carbocycles. The molecule has 164 valence electrons. The minimum absolute atomic E-state index is 0.188. The SMILES string of the molecule is CC1CC(C)CN(C(=O)CN2CCN(C(C(=O)NC(N)=O)c3ccccc3)CC2)C1. The van der Waals surface area contributed by atoms with Crippen LogP contribution in [0.3, 0.4) is 0 Å². The molecule has 2 heterocycles. The van der Waals surface area contributed by atoms with E-state index in [0.717, 1.165) is 18.7 Å². The predicted octanol–water partition coefficient (Wildman–Crippen LogP) is 1.04. The number of benzene rings is 1. The van der Waals surface area contributed by atoms with E-state index < -0.39 is 18.0 Å². The maximum Gasteiger partial charge on any atom is 0.318 e. The molecule has 0 spiro atoms. The summed E-state index contributed by atoms with van der Waals surface area (Å²) in [5.41, 5.74) is 5.98. The predicted molar refractivity (Wildman–Crippen MR) is 114 cm³/mol. The number of piperidine rings is 1. The molecule has 2 aliphatic rings. The summed E-state index contributed by atoms with van der Waals surface area (Å²) in [5.74, 6) is 0.859. The number of nitrogens with two attached hydrogens (primary N) is 1. The maximum atomic E-state index is 12.8. The Balaban J connectivity index is 1.59. The van der Waals surface area contributed by atoms with E-state index in [2.05, 4.69) is 24.1 Å². The Hall–Kier alpha value is -2.45. The van der Waals surface area contributed by atoms with Gasteiger partial charge in [0, 0.05) is 39.3 Å². The van der Waals surface area contributed by atoms with Gasteiger partial charge in [0.15, 0.2) is 0 Å². The Bertz CT molecular complexity index is 738. The van der Waals surface area contributed by atoms with Crippen LogP contribution in [0.25, 0.3) is 0 Å². The van der Waals surface area contributed by atoms with Crippen LogP contribution in [0.4, 0.5) is 4.79 Å². The zero-order valence-electron chi connectivity index (χ0n) is 17.9. The summed E-state index contributed by atoms with van der Waals surface area (Å²) in [4.78, 5) is 42.8. The lowest BCUT2D eigenvalue weighted by atomic mass is 9.92. The number of imide groups is 1. The molecule has 3 unspecified atom stereocenters. The van der Waals surface area contributed by atoms with Crippen molar-refractivity contribution in [1.29, 1.82) is 0 Å². The quantitative estimate of drug-likeness (QED) is 0.749. The molecule has 8 nitrogen and oxygen atoms in total. The number of carbonyl (C=O) groups excluding carboxylic acids is 3. The maximum absolute atomic E-state index is 12.8. The summed E-state index contributed by atoms with van der Waals surface area (Å²) in [6.45, 7) is 9.15. The van der Waals surface area contributed by atoms with Crippen LogP contribution in [0.2, 0.25) is 0 Å².